The maximum Gasteiger partial charge on any atom is 0.472 e. The highest BCUT2D eigenvalue weighted by molar-refractivity contribution is 14.1. The number of amides is 1. The third kappa shape index (κ3) is 12.3. The summed E-state index contributed by atoms with van der Waals surface area (Å²) in [6.45, 7) is 2.96. The van der Waals surface area contributed by atoms with E-state index in [0.29, 0.717) is 0 Å². The summed E-state index contributed by atoms with van der Waals surface area (Å²) >= 11 is 1.78. The fourth-order valence-corrected chi connectivity index (χ4v) is 9.29. The minimum Gasteiger partial charge on any atom is -0.455 e. The summed E-state index contributed by atoms with van der Waals surface area (Å²) in [6.07, 6.45) is -8.06. The average molecular weight is 1020 g/mol. The number of hydrogen-bond acceptors (Lipinski definition) is 18. The summed E-state index contributed by atoms with van der Waals surface area (Å²) in [5.41, 5.74) is 10.9. The molecular formula is C33H46F2IN9O14P2. The standard InChI is InChI=1S/C33H46F2IN9O14P2/c1-4-5-10-22(46)43(2)17(8-6-7-9-20(34)35)32(48)58-27-19(57-31(25(27)47)45-16-41-24-28(38)39-15-40-29(24)45)14-55-61(52,53)59-26-18(13-54-60(3,50)51)56-30(23(26)36)44-12-11-21(37)42-33(44)49/h4,11-12,15-20,23,25-27,30-31,47H,1,5-10,13-14H2,2-3H3,(H,50,51)(H,52,53)(H2,37,42,49)(H2,38,39,40)/t17?,18-,19-,23?,25-,26-,27-,30-,31-/m1/s1. The van der Waals surface area contributed by atoms with Gasteiger partial charge in [-0.2, -0.15) is 4.98 Å². The molecule has 23 nitrogen and oxygen atoms in total. The molecule has 28 heteroatoms. The monoisotopic (exact) mass is 1020 g/mol. The molecule has 61 heavy (non-hydrogen) atoms. The molecule has 2 aliphatic heterocycles. The van der Waals surface area contributed by atoms with Gasteiger partial charge in [0.1, 0.15) is 48.1 Å². The van der Waals surface area contributed by atoms with E-state index in [9.17, 15) is 47.2 Å². The largest absolute Gasteiger partial charge is 0.472 e. The van der Waals surface area contributed by atoms with E-state index < -0.39 is 112 Å². The van der Waals surface area contributed by atoms with E-state index in [-0.39, 0.29) is 54.9 Å². The maximum atomic E-state index is 13.9. The zero-order valence-corrected chi connectivity index (χ0v) is 36.6. The number of carbonyl (C=O) groups is 2. The van der Waals surface area contributed by atoms with Crippen LogP contribution in [0.3, 0.4) is 0 Å². The Kier molecular flexibility index (Phi) is 16.5. The van der Waals surface area contributed by atoms with E-state index in [4.69, 9.17) is 39.2 Å². The number of carbonyl (C=O) groups excluding carboxylic acids is 2. The van der Waals surface area contributed by atoms with E-state index >= 15 is 0 Å². The molecular weight excluding hydrogens is 973 g/mol. The van der Waals surface area contributed by atoms with Crippen LogP contribution in [0.2, 0.25) is 0 Å². The molecule has 0 saturated carbocycles. The number of aliphatic hydroxyl groups is 1. The quantitative estimate of drug-likeness (QED) is 0.0255. The zero-order chi connectivity index (χ0) is 44.8. The number of imidazole rings is 1. The summed E-state index contributed by atoms with van der Waals surface area (Å²) in [5, 5.41) is 11.7. The van der Waals surface area contributed by atoms with Crippen LogP contribution in [0.15, 0.2) is 42.4 Å². The van der Waals surface area contributed by atoms with Gasteiger partial charge >= 0.3 is 27.1 Å². The lowest BCUT2D eigenvalue weighted by atomic mass is 10.1. The van der Waals surface area contributed by atoms with Crippen molar-refractivity contribution in [3.05, 3.63) is 48.1 Å². The number of aliphatic hydroxyl groups excluding tert-OH is 1. The van der Waals surface area contributed by atoms with Crippen molar-refractivity contribution in [1.29, 1.82) is 0 Å². The van der Waals surface area contributed by atoms with Crippen molar-refractivity contribution in [2.24, 2.45) is 0 Å². The Morgan fingerprint density at radius 1 is 1.07 bits per heavy atom. The molecule has 2 fully saturated rings. The van der Waals surface area contributed by atoms with E-state index in [1.54, 1.807) is 22.6 Å². The van der Waals surface area contributed by atoms with Crippen LogP contribution in [0.1, 0.15) is 51.0 Å². The lowest BCUT2D eigenvalue weighted by Crippen LogP contribution is -2.47. The Bertz CT molecular complexity index is 2190. The maximum absolute atomic E-state index is 13.9. The number of likely N-dealkylation sites (N-methyl/N-ethyl adjacent to an activating group) is 1. The molecule has 3 aromatic rings. The molecule has 0 aliphatic carbocycles. The van der Waals surface area contributed by atoms with Crippen LogP contribution in [0.4, 0.5) is 20.4 Å². The number of fused-ring (bicyclic) bond motifs is 1. The molecule has 4 unspecified atom stereocenters. The van der Waals surface area contributed by atoms with Crippen LogP contribution in [-0.4, -0.2) is 135 Å². The second-order valence-electron chi connectivity index (χ2n) is 14.0. The number of anilines is 2. The van der Waals surface area contributed by atoms with Crippen LogP contribution in [-0.2, 0) is 46.5 Å². The number of rotatable bonds is 21. The summed E-state index contributed by atoms with van der Waals surface area (Å²) < 4.78 is 86.6. The van der Waals surface area contributed by atoms with Gasteiger partial charge in [-0.25, -0.2) is 37.9 Å². The molecule has 1 amide bonds. The average Bonchev–Trinajstić information content (AvgIpc) is 3.84. The lowest BCUT2D eigenvalue weighted by Gasteiger charge is -2.30. The zero-order valence-electron chi connectivity index (χ0n) is 32.7. The smallest absolute Gasteiger partial charge is 0.455 e. The number of phosphoric ester groups is 1. The van der Waals surface area contributed by atoms with Crippen LogP contribution in [0.25, 0.3) is 11.2 Å². The molecule has 0 aromatic carbocycles. The minimum atomic E-state index is -5.24. The fraction of sp³-hybridized carbons (Fsp3) is 0.606. The lowest BCUT2D eigenvalue weighted by molar-refractivity contribution is -0.165. The number of hydrogen-bond donors (Lipinski definition) is 5. The predicted molar refractivity (Wildman–Crippen MR) is 217 cm³/mol. The number of phosphoric acid groups is 1. The topological polar surface area (TPSA) is 318 Å². The predicted octanol–water partition coefficient (Wildman–Crippen LogP) is 2.07. The Morgan fingerprint density at radius 2 is 1.74 bits per heavy atom. The van der Waals surface area contributed by atoms with Crippen molar-refractivity contribution < 1.29 is 70.2 Å². The summed E-state index contributed by atoms with van der Waals surface area (Å²) in [6, 6.07) is -0.00928. The first kappa shape index (κ1) is 48.5. The molecule has 5 rings (SSSR count). The molecule has 5 heterocycles. The number of ether oxygens (including phenoxy) is 3. The number of nitrogens with zero attached hydrogens (tertiary/aromatic N) is 7. The Hall–Kier alpha value is -3.56. The van der Waals surface area contributed by atoms with Gasteiger partial charge in [0.2, 0.25) is 12.3 Å². The number of nitrogen functional groups attached to an aromatic ring is 2. The highest BCUT2D eigenvalue weighted by Crippen LogP contribution is 2.51. The van der Waals surface area contributed by atoms with E-state index in [1.807, 2.05) is 0 Å². The molecule has 2 aliphatic rings. The van der Waals surface area contributed by atoms with Gasteiger partial charge in [0.25, 0.3) is 0 Å². The van der Waals surface area contributed by atoms with Crippen molar-refractivity contribution >= 4 is 72.7 Å². The number of esters is 1. The summed E-state index contributed by atoms with van der Waals surface area (Å²) in [5.74, 6) is -1.63. The van der Waals surface area contributed by atoms with Gasteiger partial charge in [0, 0.05) is 32.8 Å². The van der Waals surface area contributed by atoms with Crippen molar-refractivity contribution in [2.75, 3.05) is 38.4 Å². The number of allylic oxidation sites excluding steroid dienone is 1. The highest BCUT2D eigenvalue weighted by atomic mass is 127. The molecule has 11 atom stereocenters. The molecule has 338 valence electrons. The van der Waals surface area contributed by atoms with E-state index in [2.05, 4.69) is 26.5 Å². The van der Waals surface area contributed by atoms with Gasteiger partial charge < -0.3 is 50.0 Å². The highest BCUT2D eigenvalue weighted by Gasteiger charge is 2.52. The van der Waals surface area contributed by atoms with Crippen molar-refractivity contribution in [1.82, 2.24) is 34.0 Å². The van der Waals surface area contributed by atoms with E-state index in [1.165, 1.54) is 36.3 Å². The number of nitrogens with two attached hydrogens (primary N) is 2. The second kappa shape index (κ2) is 20.7. The third-order valence-electron chi connectivity index (χ3n) is 9.60. The Balaban J connectivity index is 1.40. The number of halogens is 3. The summed E-state index contributed by atoms with van der Waals surface area (Å²) in [7, 11) is -8.01. The molecule has 7 N–H and O–H groups in total. The fourth-order valence-electron chi connectivity index (χ4n) is 6.54. The van der Waals surface area contributed by atoms with Crippen LogP contribution < -0.4 is 17.2 Å². The van der Waals surface area contributed by atoms with Gasteiger partial charge in [-0.3, -0.25) is 27.5 Å². The Labute approximate surface area is 360 Å². The van der Waals surface area contributed by atoms with Gasteiger partial charge in [0.15, 0.2) is 30.0 Å². The first-order chi connectivity index (χ1) is 28.7. The van der Waals surface area contributed by atoms with Crippen molar-refractivity contribution in [3.8, 4) is 0 Å². The summed E-state index contributed by atoms with van der Waals surface area (Å²) in [4.78, 5) is 77.5. The molecule has 0 spiro atoms. The van der Waals surface area contributed by atoms with Crippen LogP contribution in [0, 0.1) is 0 Å². The van der Waals surface area contributed by atoms with Crippen molar-refractivity contribution in [2.45, 2.75) is 97.9 Å². The molecule has 0 bridgehead atoms. The molecule has 2 saturated heterocycles. The SMILES string of the molecule is C=CCCC(=O)N(C)C(CCCCC(F)F)C(=O)O[C@H]1[C@@H](O)[C@H](n2cnc3c(N)ncnc32)O[C@@H]1COP(=O)(O)O[C@H]1C(I)[C@H](n2ccc(N)nc2=O)O[C@@H]1COP(C)(=O)O. The third-order valence-corrected chi connectivity index (χ3v) is 12.5. The van der Waals surface area contributed by atoms with Gasteiger partial charge in [0.05, 0.1) is 23.5 Å². The number of alkyl halides is 3. The Morgan fingerprint density at radius 3 is 2.41 bits per heavy atom. The number of aromatic nitrogens is 6. The van der Waals surface area contributed by atoms with E-state index in [0.717, 1.165) is 22.5 Å². The normalized spacial score (nSPS) is 26.5. The van der Waals surface area contributed by atoms with Gasteiger partial charge in [-0.05, 0) is 25.3 Å². The van der Waals surface area contributed by atoms with Gasteiger partial charge in [-0.15, -0.1) is 6.58 Å². The first-order valence-corrected chi connectivity index (χ1v) is 23.3. The minimum absolute atomic E-state index is 0.00927. The van der Waals surface area contributed by atoms with Crippen LogP contribution >= 0.6 is 38.0 Å². The first-order valence-electron chi connectivity index (χ1n) is 18.6. The molecule has 0 radical (unpaired) electrons. The van der Waals surface area contributed by atoms with Crippen LogP contribution in [0.5, 0.6) is 0 Å². The number of unbranched alkanes of at least 4 members (excludes halogenated alkanes) is 1. The van der Waals surface area contributed by atoms with Gasteiger partial charge in [-0.1, -0.05) is 35.1 Å². The van der Waals surface area contributed by atoms with Crippen molar-refractivity contribution in [3.63, 3.8) is 0 Å². The second-order valence-corrected chi connectivity index (χ2v) is 18.8. The molecule has 3 aromatic heterocycles.